The van der Waals surface area contributed by atoms with E-state index in [0.29, 0.717) is 16.5 Å². The first-order valence-corrected chi connectivity index (χ1v) is 8.03. The summed E-state index contributed by atoms with van der Waals surface area (Å²) in [6.45, 7) is 1.54. The Morgan fingerprint density at radius 2 is 1.72 bits per heavy atom. The third-order valence-electron chi connectivity index (χ3n) is 3.22. The van der Waals surface area contributed by atoms with Gasteiger partial charge in [-0.15, -0.1) is 0 Å². The molecule has 2 aromatic carbocycles. The largest absolute Gasteiger partial charge is 0.493 e. The van der Waals surface area contributed by atoms with Gasteiger partial charge in [-0.05, 0) is 37.3 Å². The van der Waals surface area contributed by atoms with Gasteiger partial charge in [0.15, 0.2) is 17.6 Å². The number of hydrogen-bond acceptors (Lipinski definition) is 4. The molecule has 2 amide bonds. The minimum atomic E-state index is -0.864. The molecular weight excluding hydrogens is 367 g/mol. The second-order valence-electron chi connectivity index (χ2n) is 4.98. The van der Waals surface area contributed by atoms with Crippen LogP contribution in [-0.2, 0) is 4.79 Å². The number of carbonyl (C=O) groups excluding carboxylic acids is 2. The molecule has 0 aliphatic heterocycles. The van der Waals surface area contributed by atoms with E-state index in [1.807, 2.05) is 0 Å². The lowest BCUT2D eigenvalue weighted by Crippen LogP contribution is -2.47. The lowest BCUT2D eigenvalue weighted by molar-refractivity contribution is -0.128. The van der Waals surface area contributed by atoms with Crippen molar-refractivity contribution in [2.75, 3.05) is 7.11 Å². The lowest BCUT2D eigenvalue weighted by Gasteiger charge is -2.17. The highest BCUT2D eigenvalue weighted by Gasteiger charge is 2.18. The van der Waals surface area contributed by atoms with Crippen molar-refractivity contribution in [1.82, 2.24) is 10.9 Å². The number of benzene rings is 2. The Balaban J connectivity index is 1.94. The molecule has 0 saturated carbocycles. The number of para-hydroxylation sites is 2. The molecule has 2 rings (SSSR count). The first-order chi connectivity index (χ1) is 11.9. The van der Waals surface area contributed by atoms with Crippen LogP contribution >= 0.6 is 23.2 Å². The summed E-state index contributed by atoms with van der Waals surface area (Å²) in [5, 5.41) is 0.585. The van der Waals surface area contributed by atoms with Crippen LogP contribution < -0.4 is 20.3 Å². The molecular formula is C17H16Cl2N2O4. The van der Waals surface area contributed by atoms with Crippen LogP contribution in [0.15, 0.2) is 42.5 Å². The molecule has 1 atom stereocenters. The summed E-state index contributed by atoms with van der Waals surface area (Å²) in [6, 6.07) is 11.4. The fourth-order valence-electron chi connectivity index (χ4n) is 1.92. The molecule has 0 heterocycles. The topological polar surface area (TPSA) is 76.7 Å². The fourth-order valence-corrected chi connectivity index (χ4v) is 2.42. The van der Waals surface area contributed by atoms with Crippen molar-refractivity contribution < 1.29 is 19.1 Å². The molecule has 0 fully saturated rings. The van der Waals surface area contributed by atoms with Crippen LogP contribution in [0, 0.1) is 0 Å². The molecule has 2 N–H and O–H groups in total. The Labute approximate surface area is 155 Å². The number of halogens is 2. The van der Waals surface area contributed by atoms with Gasteiger partial charge in [0.05, 0.1) is 17.7 Å². The number of amides is 2. The number of hydrazine groups is 1. The van der Waals surface area contributed by atoms with Gasteiger partial charge in [0.1, 0.15) is 0 Å². The van der Waals surface area contributed by atoms with Crippen molar-refractivity contribution in [2.24, 2.45) is 0 Å². The fraction of sp³-hybridized carbons (Fsp3) is 0.176. The van der Waals surface area contributed by atoms with Crippen molar-refractivity contribution in [2.45, 2.75) is 13.0 Å². The summed E-state index contributed by atoms with van der Waals surface area (Å²) in [5.41, 5.74) is 4.75. The van der Waals surface area contributed by atoms with Crippen molar-refractivity contribution in [3.8, 4) is 11.5 Å². The summed E-state index contributed by atoms with van der Waals surface area (Å²) >= 11 is 11.7. The predicted octanol–water partition coefficient (Wildman–Crippen LogP) is 3.23. The van der Waals surface area contributed by atoms with E-state index in [4.69, 9.17) is 32.7 Å². The van der Waals surface area contributed by atoms with E-state index >= 15 is 0 Å². The van der Waals surface area contributed by atoms with Gasteiger partial charge in [0.25, 0.3) is 11.8 Å². The summed E-state index contributed by atoms with van der Waals surface area (Å²) < 4.78 is 10.7. The number of carbonyl (C=O) groups is 2. The van der Waals surface area contributed by atoms with Gasteiger partial charge >= 0.3 is 0 Å². The highest BCUT2D eigenvalue weighted by molar-refractivity contribution is 6.36. The highest BCUT2D eigenvalue weighted by Crippen LogP contribution is 2.26. The van der Waals surface area contributed by atoms with Crippen LogP contribution in [0.5, 0.6) is 11.5 Å². The zero-order chi connectivity index (χ0) is 18.4. The van der Waals surface area contributed by atoms with Crippen molar-refractivity contribution in [3.63, 3.8) is 0 Å². The summed E-state index contributed by atoms with van der Waals surface area (Å²) in [6.07, 6.45) is -0.864. The second kappa shape index (κ2) is 8.60. The van der Waals surface area contributed by atoms with Crippen LogP contribution in [0.3, 0.4) is 0 Å². The van der Waals surface area contributed by atoms with Gasteiger partial charge in [-0.25, -0.2) is 0 Å². The molecule has 132 valence electrons. The van der Waals surface area contributed by atoms with Crippen LogP contribution in [-0.4, -0.2) is 25.0 Å². The zero-order valence-electron chi connectivity index (χ0n) is 13.5. The molecule has 0 bridgehead atoms. The zero-order valence-corrected chi connectivity index (χ0v) is 15.0. The minimum absolute atomic E-state index is 0.178. The van der Waals surface area contributed by atoms with Gasteiger partial charge < -0.3 is 9.47 Å². The Morgan fingerprint density at radius 1 is 1.04 bits per heavy atom. The highest BCUT2D eigenvalue weighted by atomic mass is 35.5. The average molecular weight is 383 g/mol. The van der Waals surface area contributed by atoms with Crippen molar-refractivity contribution >= 4 is 35.0 Å². The van der Waals surface area contributed by atoms with Crippen molar-refractivity contribution in [3.05, 3.63) is 58.1 Å². The molecule has 25 heavy (non-hydrogen) atoms. The molecule has 1 unspecified atom stereocenters. The van der Waals surface area contributed by atoms with Crippen LogP contribution in [0.25, 0.3) is 0 Å². The Bertz CT molecular complexity index is 783. The number of rotatable bonds is 5. The lowest BCUT2D eigenvalue weighted by atomic mass is 10.2. The Hall–Kier alpha value is -2.44. The third-order valence-corrected chi connectivity index (χ3v) is 3.76. The summed E-state index contributed by atoms with van der Waals surface area (Å²) in [5.74, 6) is -0.192. The number of nitrogens with one attached hydrogen (secondary N) is 2. The monoisotopic (exact) mass is 382 g/mol. The number of ether oxygens (including phenoxy) is 2. The molecule has 2 aromatic rings. The van der Waals surface area contributed by atoms with Gasteiger partial charge in [-0.2, -0.15) is 0 Å². The van der Waals surface area contributed by atoms with E-state index in [0.717, 1.165) is 0 Å². The first kappa shape index (κ1) is 18.9. The van der Waals surface area contributed by atoms with E-state index in [-0.39, 0.29) is 10.6 Å². The maximum Gasteiger partial charge on any atom is 0.279 e. The molecule has 0 spiro atoms. The molecule has 0 aliphatic carbocycles. The second-order valence-corrected chi connectivity index (χ2v) is 5.82. The Morgan fingerprint density at radius 3 is 2.36 bits per heavy atom. The van der Waals surface area contributed by atoms with E-state index in [2.05, 4.69) is 10.9 Å². The van der Waals surface area contributed by atoms with Gasteiger partial charge in [0.2, 0.25) is 0 Å². The molecule has 0 aliphatic rings. The maximum atomic E-state index is 12.1. The number of methoxy groups -OCH3 is 1. The SMILES string of the molecule is COc1ccccc1OC(C)C(=O)NNC(=O)c1ccc(Cl)cc1Cl. The van der Waals surface area contributed by atoms with E-state index in [1.165, 1.54) is 25.3 Å². The van der Waals surface area contributed by atoms with Gasteiger partial charge in [-0.3, -0.25) is 20.4 Å². The first-order valence-electron chi connectivity index (χ1n) is 7.27. The quantitative estimate of drug-likeness (QED) is 0.778. The molecule has 0 aromatic heterocycles. The van der Waals surface area contributed by atoms with E-state index < -0.39 is 17.9 Å². The molecule has 0 radical (unpaired) electrons. The van der Waals surface area contributed by atoms with Crippen LogP contribution in [0.4, 0.5) is 0 Å². The normalized spacial score (nSPS) is 11.4. The summed E-state index contributed by atoms with van der Waals surface area (Å²) in [7, 11) is 1.50. The Kier molecular flexibility index (Phi) is 6.50. The molecule has 0 saturated heterocycles. The van der Waals surface area contributed by atoms with Gasteiger partial charge in [-0.1, -0.05) is 35.3 Å². The predicted molar refractivity (Wildman–Crippen MR) is 95.2 cm³/mol. The molecule has 6 nitrogen and oxygen atoms in total. The minimum Gasteiger partial charge on any atom is -0.493 e. The van der Waals surface area contributed by atoms with E-state index in [1.54, 1.807) is 31.2 Å². The van der Waals surface area contributed by atoms with E-state index in [9.17, 15) is 9.59 Å². The molecule has 8 heteroatoms. The van der Waals surface area contributed by atoms with Crippen LogP contribution in [0.1, 0.15) is 17.3 Å². The average Bonchev–Trinajstić information content (AvgIpc) is 2.59. The maximum absolute atomic E-state index is 12.1. The van der Waals surface area contributed by atoms with Crippen LogP contribution in [0.2, 0.25) is 10.0 Å². The standard InChI is InChI=1S/C17H16Cl2N2O4/c1-10(25-15-6-4-3-5-14(15)24-2)16(22)20-21-17(23)12-8-7-11(18)9-13(12)19/h3-10H,1-2H3,(H,20,22)(H,21,23). The third kappa shape index (κ3) is 5.01. The van der Waals surface area contributed by atoms with Crippen molar-refractivity contribution in [1.29, 1.82) is 0 Å². The summed E-state index contributed by atoms with van der Waals surface area (Å²) in [4.78, 5) is 24.1. The number of hydrogen-bond donors (Lipinski definition) is 2. The smallest absolute Gasteiger partial charge is 0.279 e. The van der Waals surface area contributed by atoms with Gasteiger partial charge in [0, 0.05) is 5.02 Å².